The van der Waals surface area contributed by atoms with Crippen molar-refractivity contribution >= 4 is 10.0 Å². The van der Waals surface area contributed by atoms with Crippen LogP contribution in [0.2, 0.25) is 0 Å². The van der Waals surface area contributed by atoms with Crippen molar-refractivity contribution in [1.29, 1.82) is 5.26 Å². The van der Waals surface area contributed by atoms with Gasteiger partial charge < -0.3 is 20.1 Å². The summed E-state index contributed by atoms with van der Waals surface area (Å²) >= 11 is 0. The van der Waals surface area contributed by atoms with E-state index >= 15 is 0 Å². The number of β-amino-alcohol motifs (C(OH)–C–C–N with tert-alkyl or cyclic N) is 1. The van der Waals surface area contributed by atoms with Crippen LogP contribution in [0.4, 0.5) is 17.6 Å². The summed E-state index contributed by atoms with van der Waals surface area (Å²) in [5.41, 5.74) is -2.84. The van der Waals surface area contributed by atoms with E-state index in [2.05, 4.69) is 4.98 Å². The van der Waals surface area contributed by atoms with Crippen LogP contribution in [0.1, 0.15) is 31.5 Å². The van der Waals surface area contributed by atoms with Crippen molar-refractivity contribution < 1.29 is 46.0 Å². The maximum absolute atomic E-state index is 13.0. The number of benzene rings is 1. The van der Waals surface area contributed by atoms with Gasteiger partial charge in [0, 0.05) is 31.4 Å². The van der Waals surface area contributed by atoms with Gasteiger partial charge in [0.2, 0.25) is 10.0 Å². The molecule has 1 aliphatic heterocycles. The molecule has 9 nitrogen and oxygen atoms in total. The average molecular weight is 536 g/mol. The summed E-state index contributed by atoms with van der Waals surface area (Å²) in [4.78, 5) is 2.71. The first-order valence-electron chi connectivity index (χ1n) is 10.5. The van der Waals surface area contributed by atoms with Crippen LogP contribution in [0.5, 0.6) is 11.5 Å². The Labute approximate surface area is 205 Å². The van der Waals surface area contributed by atoms with Gasteiger partial charge >= 0.3 is 6.18 Å². The predicted molar refractivity (Wildman–Crippen MR) is 118 cm³/mol. The van der Waals surface area contributed by atoms with Gasteiger partial charge in [-0.25, -0.2) is 12.8 Å². The van der Waals surface area contributed by atoms with Crippen LogP contribution < -0.4 is 4.74 Å². The van der Waals surface area contributed by atoms with Crippen LogP contribution in [0.3, 0.4) is 0 Å². The minimum Gasteiger partial charge on any atom is -0.504 e. The Morgan fingerprint density at radius 1 is 1.31 bits per heavy atom. The van der Waals surface area contributed by atoms with Crippen LogP contribution in [0.25, 0.3) is 0 Å². The minimum atomic E-state index is -4.65. The molecule has 198 valence electrons. The van der Waals surface area contributed by atoms with E-state index in [1.54, 1.807) is 6.07 Å². The zero-order valence-corrected chi connectivity index (χ0v) is 20.1. The maximum Gasteiger partial charge on any atom is 0.433 e. The molecule has 1 aromatic carbocycles. The van der Waals surface area contributed by atoms with Gasteiger partial charge in [-0.05, 0) is 24.5 Å². The lowest BCUT2D eigenvalue weighted by Crippen LogP contribution is -2.38. The standard InChI is InChI=1S/C11H13F3N2O4S.C11H12FNO2/c12-11(13,14)9-2-1-8(5-15-9)21(19,20)16-4-3-10(18,6-16)7-17;1-7(2)6-15-11-3-8(5-13)9(12)4-10(11)14/h1-2,5,17-18H,3-4,6-7H2;3-4,7,14H,6H2,1-2H3. The zero-order chi connectivity index (χ0) is 27.3. The Balaban J connectivity index is 0.000000269. The molecule has 2 heterocycles. The van der Waals surface area contributed by atoms with Crippen LogP contribution in [0, 0.1) is 23.1 Å². The molecule has 1 aromatic heterocycles. The molecular weight excluding hydrogens is 510 g/mol. The first kappa shape index (κ1) is 29.2. The fraction of sp³-hybridized carbons (Fsp3) is 0.455. The molecule has 1 aliphatic rings. The number of rotatable bonds is 6. The number of aromatic nitrogens is 1. The van der Waals surface area contributed by atoms with Gasteiger partial charge in [0.05, 0.1) is 18.8 Å². The van der Waals surface area contributed by atoms with Crippen molar-refractivity contribution in [3.8, 4) is 17.6 Å². The lowest BCUT2D eigenvalue weighted by Gasteiger charge is -2.20. The monoisotopic (exact) mass is 535 g/mol. The molecule has 0 spiro atoms. The molecule has 3 N–H and O–H groups in total. The minimum absolute atomic E-state index is 0.0274. The molecular formula is C22H25F4N3O6S. The maximum atomic E-state index is 13.0. The van der Waals surface area contributed by atoms with Gasteiger partial charge in [0.1, 0.15) is 28.1 Å². The van der Waals surface area contributed by atoms with Gasteiger partial charge in [-0.2, -0.15) is 22.7 Å². The van der Waals surface area contributed by atoms with Crippen molar-refractivity contribution in [1.82, 2.24) is 9.29 Å². The fourth-order valence-electron chi connectivity index (χ4n) is 3.00. The first-order valence-corrected chi connectivity index (χ1v) is 12.0. The summed E-state index contributed by atoms with van der Waals surface area (Å²) in [6.07, 6.45) is -3.96. The van der Waals surface area contributed by atoms with E-state index in [1.807, 2.05) is 13.8 Å². The van der Waals surface area contributed by atoms with Crippen molar-refractivity contribution in [3.05, 3.63) is 47.5 Å². The first-order chi connectivity index (χ1) is 16.6. The summed E-state index contributed by atoms with van der Waals surface area (Å²) < 4.78 is 80.7. The Kier molecular flexibility index (Phi) is 9.24. The largest absolute Gasteiger partial charge is 0.504 e. The summed E-state index contributed by atoms with van der Waals surface area (Å²) in [5.74, 6) is -0.597. The van der Waals surface area contributed by atoms with Crippen LogP contribution in [-0.4, -0.2) is 64.9 Å². The SMILES string of the molecule is CC(C)COc1cc(C#N)c(F)cc1O.O=S(=O)(c1ccc(C(F)(F)F)nc1)N1CCC(O)(CO)C1. The number of nitriles is 1. The number of sulfonamides is 1. The highest BCUT2D eigenvalue weighted by molar-refractivity contribution is 7.89. The molecule has 0 aliphatic carbocycles. The van der Waals surface area contributed by atoms with Gasteiger partial charge in [0.25, 0.3) is 0 Å². The Morgan fingerprint density at radius 3 is 2.44 bits per heavy atom. The second-order valence-corrected chi connectivity index (χ2v) is 10.4. The van der Waals surface area contributed by atoms with Gasteiger partial charge in [-0.1, -0.05) is 13.8 Å². The number of aliphatic hydroxyl groups excluding tert-OH is 1. The number of phenolic OH excluding ortho intramolecular Hbond substituents is 1. The molecule has 2 aromatic rings. The van der Waals surface area contributed by atoms with E-state index in [9.17, 15) is 36.2 Å². The van der Waals surface area contributed by atoms with E-state index in [1.165, 1.54) is 6.07 Å². The van der Waals surface area contributed by atoms with Crippen molar-refractivity contribution in [2.45, 2.75) is 36.9 Å². The van der Waals surface area contributed by atoms with Crippen molar-refractivity contribution in [3.63, 3.8) is 0 Å². The lowest BCUT2D eigenvalue weighted by atomic mass is 10.1. The third kappa shape index (κ3) is 7.26. The number of halogens is 4. The summed E-state index contributed by atoms with van der Waals surface area (Å²) in [7, 11) is -4.05. The van der Waals surface area contributed by atoms with Crippen molar-refractivity contribution in [2.24, 2.45) is 5.92 Å². The van der Waals surface area contributed by atoms with Crippen LogP contribution >= 0.6 is 0 Å². The number of aliphatic hydroxyl groups is 2. The van der Waals surface area contributed by atoms with Crippen LogP contribution in [0.15, 0.2) is 35.4 Å². The fourth-order valence-corrected chi connectivity index (χ4v) is 4.47. The predicted octanol–water partition coefficient (Wildman–Crippen LogP) is 2.66. The van der Waals surface area contributed by atoms with Gasteiger partial charge in [-0.15, -0.1) is 0 Å². The van der Waals surface area contributed by atoms with Crippen LogP contribution in [-0.2, 0) is 16.2 Å². The van der Waals surface area contributed by atoms with E-state index in [-0.39, 0.29) is 36.6 Å². The Hall–Kier alpha value is -2.99. The number of phenols is 1. The number of hydrogen-bond acceptors (Lipinski definition) is 8. The third-order valence-electron chi connectivity index (χ3n) is 5.00. The summed E-state index contributed by atoms with van der Waals surface area (Å²) in [6, 6.07) is 5.17. The lowest BCUT2D eigenvalue weighted by molar-refractivity contribution is -0.141. The smallest absolute Gasteiger partial charge is 0.433 e. The summed E-state index contributed by atoms with van der Waals surface area (Å²) in [5, 5.41) is 36.7. The summed E-state index contributed by atoms with van der Waals surface area (Å²) in [6.45, 7) is 3.37. The molecule has 1 saturated heterocycles. The highest BCUT2D eigenvalue weighted by Gasteiger charge is 2.41. The highest BCUT2D eigenvalue weighted by atomic mass is 32.2. The molecule has 0 amide bonds. The molecule has 1 unspecified atom stereocenters. The van der Waals surface area contributed by atoms with E-state index in [0.717, 1.165) is 16.4 Å². The Morgan fingerprint density at radius 2 is 1.97 bits per heavy atom. The van der Waals surface area contributed by atoms with E-state index in [4.69, 9.17) is 15.1 Å². The molecule has 0 saturated carbocycles. The Bertz CT molecular complexity index is 1200. The average Bonchev–Trinajstić information content (AvgIpc) is 3.22. The highest BCUT2D eigenvalue weighted by Crippen LogP contribution is 2.31. The number of aromatic hydroxyl groups is 1. The number of alkyl halides is 3. The topological polar surface area (TPSA) is 144 Å². The quantitative estimate of drug-likeness (QED) is 0.479. The zero-order valence-electron chi connectivity index (χ0n) is 19.3. The van der Waals surface area contributed by atoms with E-state index in [0.29, 0.717) is 24.8 Å². The number of nitrogens with zero attached hydrogens (tertiary/aromatic N) is 3. The number of hydrogen-bond donors (Lipinski definition) is 3. The van der Waals surface area contributed by atoms with E-state index < -0.39 is 44.8 Å². The van der Waals surface area contributed by atoms with Gasteiger partial charge in [0.15, 0.2) is 11.5 Å². The third-order valence-corrected chi connectivity index (χ3v) is 6.83. The van der Waals surface area contributed by atoms with Gasteiger partial charge in [-0.3, -0.25) is 4.98 Å². The number of ether oxygens (including phenoxy) is 1. The molecule has 0 bridgehead atoms. The molecule has 36 heavy (non-hydrogen) atoms. The second kappa shape index (κ2) is 11.4. The molecule has 1 atom stereocenters. The molecule has 14 heteroatoms. The second-order valence-electron chi connectivity index (χ2n) is 8.46. The van der Waals surface area contributed by atoms with Crippen molar-refractivity contribution in [2.75, 3.05) is 26.3 Å². The molecule has 1 fully saturated rings. The molecule has 3 rings (SSSR count). The normalized spacial score (nSPS) is 18.4. The molecule has 0 radical (unpaired) electrons. The number of pyridine rings is 1.